The fourth-order valence-corrected chi connectivity index (χ4v) is 8.26. The van der Waals surface area contributed by atoms with E-state index in [0.29, 0.717) is 12.1 Å². The molecule has 0 unspecified atom stereocenters. The SMILES string of the molecule is FC(F)C(F)(F)C(F)(F)C(F)(F)C(F)(F)C(F)(F)C(F)(F)C(F)(F)COc1nc(OCC(F)(F)C(F)(F)C(F)(F)C(F)(F)C(F)(F)C(F)(F)C(F)(F)C(F)F)nc(Oc2ccc(Oc3nc(OCC(F)(F)C(F)(F)C(F)(F)C(F)(F)C(F)(F)C(F)(F)C(F)(F)C(F)F)nc(OCC(F)(F)C(F)(F)C(F)(F)C(F)(F)C(F)(F)C(F)(F)C(F)(F)C(F)F)n3)c3ccccc23)n1. The fraction of sp³-hybridized carbons (Fsp3) is 0.692. The number of aromatic nitrogens is 6. The summed E-state index contributed by atoms with van der Waals surface area (Å²) in [6, 6.07) is -17.2. The lowest BCUT2D eigenvalue weighted by Gasteiger charge is -2.42. The Balaban J connectivity index is 2.06. The average Bonchev–Trinajstić information content (AvgIpc) is 0.710. The number of alkyl halides is 64. The van der Waals surface area contributed by atoms with Gasteiger partial charge >= 0.3 is 228 Å². The second kappa shape index (κ2) is 32.5. The van der Waals surface area contributed by atoms with Gasteiger partial charge in [0.25, 0.3) is 0 Å². The molecule has 0 bridgehead atoms. The number of fused-ring (bicyclic) bond motifs is 1. The molecule has 0 aliphatic carbocycles. The van der Waals surface area contributed by atoms with E-state index in [0.717, 1.165) is 0 Å². The number of rotatable bonds is 44. The Morgan fingerprint density at radius 2 is 0.312 bits per heavy atom. The molecule has 0 aliphatic rings. The van der Waals surface area contributed by atoms with Crippen LogP contribution in [0, 0.1) is 0 Å². The largest absolute Gasteiger partial charge is 0.457 e. The zero-order valence-electron chi connectivity index (χ0n) is 56.9. The van der Waals surface area contributed by atoms with Gasteiger partial charge in [0.2, 0.25) is 0 Å². The van der Waals surface area contributed by atoms with Crippen molar-refractivity contribution >= 4 is 10.8 Å². The van der Waals surface area contributed by atoms with Crippen molar-refractivity contribution in [3.8, 4) is 47.6 Å². The van der Waals surface area contributed by atoms with E-state index in [2.05, 4.69) is 58.3 Å². The van der Waals surface area contributed by atoms with Crippen LogP contribution in [0.15, 0.2) is 36.4 Å². The maximum absolute atomic E-state index is 15.0. The molecule has 128 heavy (non-hydrogen) atoms. The number of hydrogen-bond acceptors (Lipinski definition) is 12. The summed E-state index contributed by atoms with van der Waals surface area (Å²) in [6.45, 7) is -17.7. The van der Waals surface area contributed by atoms with E-state index in [1.165, 1.54) is 0 Å². The van der Waals surface area contributed by atoms with Crippen molar-refractivity contribution < 1.29 is 309 Å². The standard InChI is InChI=1S/C52H18F64N6O6/c53-15(54)29(69,70)37(85,86)45(101,102)49(109,110)41(93,94)33(77,78)25(61,62)7-123-19-117-20(124-8-26(63,64)34(79,80)42(95,96)50(111,112)46(103,104)38(87,88)30(71,72)16(55)56)120-23(119-19)127-13-5-6-14(12-4-2-1-3-11(12)13)128-24-121-21(125-9-27(65,66)35(81,82)43(97,98)51(113,114)47(105,106)39(89,90)31(73,74)17(57)58)118-22(122-24)126-10-28(67,68)36(83,84)44(99,100)52(115,116)48(107,108)40(91,92)32(75,76)18(59)60/h1-6,15-18H,7-10H2. The lowest BCUT2D eigenvalue weighted by Crippen LogP contribution is -2.74. The van der Waals surface area contributed by atoms with Crippen molar-refractivity contribution in [1.82, 2.24) is 29.9 Å². The summed E-state index contributed by atoms with van der Waals surface area (Å²) < 4.78 is 925. The second-order valence-electron chi connectivity index (χ2n) is 24.3. The normalized spacial score (nSPS) is 15.8. The molecule has 0 aliphatic heterocycles. The van der Waals surface area contributed by atoms with Gasteiger partial charge < -0.3 is 28.4 Å². The highest BCUT2D eigenvalue weighted by atomic mass is 19.4. The Labute approximate surface area is 652 Å². The number of nitrogens with zero attached hydrogens (tertiary/aromatic N) is 6. The van der Waals surface area contributed by atoms with E-state index < -0.39 is 276 Å². The van der Waals surface area contributed by atoms with E-state index in [4.69, 9.17) is 0 Å². The van der Waals surface area contributed by atoms with Crippen molar-refractivity contribution in [1.29, 1.82) is 0 Å². The van der Waals surface area contributed by atoms with Gasteiger partial charge in [-0.1, -0.05) is 24.3 Å². The molecule has 0 saturated heterocycles. The Morgan fingerprint density at radius 1 is 0.180 bits per heavy atom. The summed E-state index contributed by atoms with van der Waals surface area (Å²) in [5.41, 5.74) is 0. The zero-order chi connectivity index (χ0) is 102. The quantitative estimate of drug-likeness (QED) is 0.0390. The molecule has 2 aromatic carbocycles. The summed E-state index contributed by atoms with van der Waals surface area (Å²) in [5.74, 6) is -249. The molecular weight excluding hydrogens is 2020 g/mol. The first kappa shape index (κ1) is 111. The second-order valence-corrected chi connectivity index (χ2v) is 24.3. The molecule has 4 rings (SSSR count). The van der Waals surface area contributed by atoms with Crippen LogP contribution in [0.25, 0.3) is 10.8 Å². The molecule has 0 atom stereocenters. The number of ether oxygens (including phenoxy) is 6. The lowest BCUT2D eigenvalue weighted by molar-refractivity contribution is -0.447. The van der Waals surface area contributed by atoms with Gasteiger partial charge in [0, 0.05) is 10.8 Å². The van der Waals surface area contributed by atoms with Crippen molar-refractivity contribution in [2.24, 2.45) is 0 Å². The van der Waals surface area contributed by atoms with Gasteiger partial charge in [0.1, 0.15) is 11.5 Å². The van der Waals surface area contributed by atoms with E-state index >= 15 is 35.1 Å². The molecule has 12 nitrogen and oxygen atoms in total. The van der Waals surface area contributed by atoms with Crippen LogP contribution in [0.5, 0.6) is 47.6 Å². The Morgan fingerprint density at radius 3 is 0.461 bits per heavy atom. The third kappa shape index (κ3) is 16.3. The molecule has 0 radical (unpaired) electrons. The Hall–Kier alpha value is -8.96. The maximum atomic E-state index is 15.0. The van der Waals surface area contributed by atoms with Gasteiger partial charge in [-0.3, -0.25) is 0 Å². The third-order valence-corrected chi connectivity index (χ3v) is 15.8. The lowest BCUT2D eigenvalue weighted by atomic mass is 9.89. The number of halogens is 64. The minimum atomic E-state index is -9.32. The first-order valence-corrected chi connectivity index (χ1v) is 29.6. The highest BCUT2D eigenvalue weighted by Crippen LogP contribution is 2.69. The van der Waals surface area contributed by atoms with Crippen LogP contribution in [-0.2, 0) is 0 Å². The molecule has 0 N–H and O–H groups in total. The van der Waals surface area contributed by atoms with Crippen LogP contribution >= 0.6 is 0 Å². The summed E-state index contributed by atoms with van der Waals surface area (Å²) in [5, 5.41) is -2.82. The predicted octanol–water partition coefficient (Wildman–Crippen LogP) is 23.2. The minimum absolute atomic E-state index is 0.176. The van der Waals surface area contributed by atoms with Crippen molar-refractivity contribution in [2.75, 3.05) is 26.4 Å². The molecule has 76 heteroatoms. The summed E-state index contributed by atoms with van der Waals surface area (Å²) >= 11 is 0. The smallest absolute Gasteiger partial charge is 0.385 e. The molecule has 0 spiro atoms. The van der Waals surface area contributed by atoms with Crippen molar-refractivity contribution in [3.63, 3.8) is 0 Å². The number of benzene rings is 2. The van der Waals surface area contributed by atoms with Gasteiger partial charge in [-0.25, -0.2) is 35.1 Å². The van der Waals surface area contributed by atoms with Crippen LogP contribution in [0.1, 0.15) is 0 Å². The Kier molecular flexibility index (Phi) is 28.3. The fourth-order valence-electron chi connectivity index (χ4n) is 8.26. The highest BCUT2D eigenvalue weighted by molar-refractivity contribution is 5.93. The molecule has 2 aromatic heterocycles. The van der Waals surface area contributed by atoms with Crippen LogP contribution < -0.4 is 28.4 Å². The molecule has 740 valence electrons. The van der Waals surface area contributed by atoms with E-state index in [1.807, 2.05) is 0 Å². The molecule has 0 fully saturated rings. The zero-order valence-corrected chi connectivity index (χ0v) is 56.9. The summed E-state index contributed by atoms with van der Waals surface area (Å²) in [4.78, 5) is 13.7. The minimum Gasteiger partial charge on any atom is -0.457 e. The molecule has 0 amide bonds. The topological polar surface area (TPSA) is 133 Å². The van der Waals surface area contributed by atoms with Crippen LogP contribution in [0.3, 0.4) is 0 Å². The Bertz CT molecular complexity index is 4060. The van der Waals surface area contributed by atoms with Crippen LogP contribution in [0.4, 0.5) is 281 Å². The summed E-state index contributed by atoms with van der Waals surface area (Å²) in [7, 11) is 0. The van der Waals surface area contributed by atoms with E-state index in [1.54, 1.807) is 0 Å². The van der Waals surface area contributed by atoms with Crippen molar-refractivity contribution in [2.45, 2.75) is 192 Å². The molecule has 4 aromatic rings. The van der Waals surface area contributed by atoms with Gasteiger partial charge in [-0.15, -0.1) is 29.9 Å². The maximum Gasteiger partial charge on any atom is 0.385 e. The molecular formula is C52H18F64N6O6. The van der Waals surface area contributed by atoms with Crippen LogP contribution in [0.2, 0.25) is 0 Å². The van der Waals surface area contributed by atoms with E-state index in [9.17, 15) is 246 Å². The van der Waals surface area contributed by atoms with E-state index in [-0.39, 0.29) is 24.3 Å². The van der Waals surface area contributed by atoms with Gasteiger partial charge in [0.15, 0.2) is 26.4 Å². The first-order chi connectivity index (χ1) is 56.0. The molecule has 2 heterocycles. The first-order valence-electron chi connectivity index (χ1n) is 29.6. The average molecular weight is 2040 g/mol. The van der Waals surface area contributed by atoms with Gasteiger partial charge in [0.05, 0.1) is 0 Å². The van der Waals surface area contributed by atoms with Gasteiger partial charge in [-0.2, -0.15) is 246 Å². The van der Waals surface area contributed by atoms with Crippen LogP contribution in [-0.4, -0.2) is 248 Å². The van der Waals surface area contributed by atoms with Crippen molar-refractivity contribution in [3.05, 3.63) is 36.4 Å². The summed E-state index contributed by atoms with van der Waals surface area (Å²) in [6.07, 6.45) is -25.8. The third-order valence-electron chi connectivity index (χ3n) is 15.8. The van der Waals surface area contributed by atoms with Gasteiger partial charge in [-0.05, 0) is 12.1 Å². The monoisotopic (exact) mass is 2040 g/mol. The number of hydrogen-bond donors (Lipinski definition) is 0. The highest BCUT2D eigenvalue weighted by Gasteiger charge is 2.99. The molecule has 0 saturated carbocycles. The predicted molar refractivity (Wildman–Crippen MR) is 268 cm³/mol.